The van der Waals surface area contributed by atoms with Gasteiger partial charge in [-0.15, -0.1) is 0 Å². The van der Waals surface area contributed by atoms with E-state index < -0.39 is 5.82 Å². The second-order valence-electron chi connectivity index (χ2n) is 5.13. The summed E-state index contributed by atoms with van der Waals surface area (Å²) in [7, 11) is 0. The summed E-state index contributed by atoms with van der Waals surface area (Å²) < 4.78 is 12.8. The zero-order valence-corrected chi connectivity index (χ0v) is 11.3. The molecule has 1 heterocycles. The van der Waals surface area contributed by atoms with E-state index in [-0.39, 0.29) is 36.5 Å². The molecule has 1 aliphatic heterocycles. The maximum absolute atomic E-state index is 12.8. The molecule has 5 heteroatoms. The number of rotatable bonds is 4. The predicted molar refractivity (Wildman–Crippen MR) is 70.5 cm³/mol. The lowest BCUT2D eigenvalue weighted by atomic mass is 9.97. The van der Waals surface area contributed by atoms with Crippen LogP contribution in [0.2, 0.25) is 0 Å². The second-order valence-corrected chi connectivity index (χ2v) is 5.13. The minimum Gasteiger partial charge on any atom is -0.294 e. The van der Waals surface area contributed by atoms with Crippen molar-refractivity contribution < 1.29 is 18.8 Å². The van der Waals surface area contributed by atoms with Crippen molar-refractivity contribution in [3.8, 4) is 0 Å². The molecule has 0 N–H and O–H groups in total. The molecule has 1 aliphatic rings. The van der Waals surface area contributed by atoms with E-state index in [1.54, 1.807) is 0 Å². The van der Waals surface area contributed by atoms with Gasteiger partial charge in [0.1, 0.15) is 5.82 Å². The third kappa shape index (κ3) is 3.29. The Labute approximate surface area is 116 Å². The molecule has 0 aliphatic carbocycles. The van der Waals surface area contributed by atoms with Gasteiger partial charge in [0.15, 0.2) is 5.78 Å². The Morgan fingerprint density at radius 2 is 1.75 bits per heavy atom. The van der Waals surface area contributed by atoms with Crippen LogP contribution in [0.15, 0.2) is 24.3 Å². The predicted octanol–water partition coefficient (Wildman–Crippen LogP) is 2.18. The number of carbonyl (C=O) groups is 3. The number of Topliss-reactive ketones (excluding diaryl/α,β-unsaturated/α-hetero) is 1. The Balaban J connectivity index is 1.94. The molecular formula is C15H16FNO3. The molecular weight excluding hydrogens is 261 g/mol. The van der Waals surface area contributed by atoms with Gasteiger partial charge in [-0.25, -0.2) is 4.39 Å². The number of hydrogen-bond acceptors (Lipinski definition) is 3. The van der Waals surface area contributed by atoms with Gasteiger partial charge in [0.25, 0.3) is 0 Å². The van der Waals surface area contributed by atoms with Crippen molar-refractivity contribution in [3.63, 3.8) is 0 Å². The minimum atomic E-state index is -0.406. The Hall–Kier alpha value is -2.04. The van der Waals surface area contributed by atoms with Crippen LogP contribution in [-0.4, -0.2) is 29.0 Å². The largest absolute Gasteiger partial charge is 0.294 e. The number of piperidine rings is 1. The molecule has 0 spiro atoms. The van der Waals surface area contributed by atoms with E-state index in [2.05, 4.69) is 0 Å². The monoisotopic (exact) mass is 277 g/mol. The van der Waals surface area contributed by atoms with E-state index in [1.807, 2.05) is 6.92 Å². The van der Waals surface area contributed by atoms with Gasteiger partial charge in [-0.1, -0.05) is 6.92 Å². The van der Waals surface area contributed by atoms with Gasteiger partial charge in [0.2, 0.25) is 11.8 Å². The Morgan fingerprint density at radius 3 is 2.30 bits per heavy atom. The first-order valence-electron chi connectivity index (χ1n) is 6.59. The van der Waals surface area contributed by atoms with Gasteiger partial charge in [-0.3, -0.25) is 19.3 Å². The fourth-order valence-electron chi connectivity index (χ4n) is 2.27. The Bertz CT molecular complexity index is 521. The summed E-state index contributed by atoms with van der Waals surface area (Å²) in [6.07, 6.45) is 0.754. The molecule has 1 aromatic carbocycles. The van der Waals surface area contributed by atoms with Gasteiger partial charge in [-0.05, 0) is 30.2 Å². The van der Waals surface area contributed by atoms with Crippen LogP contribution in [0.3, 0.4) is 0 Å². The first-order chi connectivity index (χ1) is 9.47. The summed E-state index contributed by atoms with van der Waals surface area (Å²) in [6, 6.07) is 5.23. The zero-order chi connectivity index (χ0) is 14.7. The van der Waals surface area contributed by atoms with Crippen LogP contribution in [0.4, 0.5) is 4.39 Å². The fraction of sp³-hybridized carbons (Fsp3) is 0.400. The first kappa shape index (κ1) is 14.4. The Kier molecular flexibility index (Phi) is 4.27. The summed E-state index contributed by atoms with van der Waals surface area (Å²) in [6.45, 7) is 1.96. The molecule has 0 unspecified atom stereocenters. The molecule has 1 saturated heterocycles. The number of hydrogen-bond donors (Lipinski definition) is 0. The second kappa shape index (κ2) is 5.94. The molecule has 0 aromatic heterocycles. The average molecular weight is 277 g/mol. The first-order valence-corrected chi connectivity index (χ1v) is 6.59. The molecule has 0 radical (unpaired) electrons. The van der Waals surface area contributed by atoms with E-state index in [4.69, 9.17) is 0 Å². The van der Waals surface area contributed by atoms with Crippen molar-refractivity contribution in [2.75, 3.05) is 6.54 Å². The van der Waals surface area contributed by atoms with Gasteiger partial charge in [-0.2, -0.15) is 0 Å². The summed E-state index contributed by atoms with van der Waals surface area (Å²) in [4.78, 5) is 36.6. The number of imide groups is 1. The average Bonchev–Trinajstić information content (AvgIpc) is 2.38. The Morgan fingerprint density at radius 1 is 1.20 bits per heavy atom. The lowest BCUT2D eigenvalue weighted by molar-refractivity contribution is -0.149. The maximum Gasteiger partial charge on any atom is 0.229 e. The van der Waals surface area contributed by atoms with Crippen LogP contribution in [-0.2, 0) is 9.59 Å². The highest BCUT2D eigenvalue weighted by Gasteiger charge is 2.30. The minimum absolute atomic E-state index is 0.0670. The number of amides is 2. The summed E-state index contributed by atoms with van der Waals surface area (Å²) in [5.74, 6) is -0.985. The standard InChI is InChI=1S/C15H16FNO3/c1-10-8-14(19)17(15(20)9-10)7-6-13(18)11-2-4-12(16)5-3-11/h2-5,10H,6-9H2,1H3. The van der Waals surface area contributed by atoms with Crippen molar-refractivity contribution in [3.05, 3.63) is 35.6 Å². The highest BCUT2D eigenvalue weighted by atomic mass is 19.1. The third-order valence-electron chi connectivity index (χ3n) is 3.38. The van der Waals surface area contributed by atoms with Crippen molar-refractivity contribution in [1.82, 2.24) is 4.90 Å². The molecule has 106 valence electrons. The van der Waals surface area contributed by atoms with Gasteiger partial charge >= 0.3 is 0 Å². The van der Waals surface area contributed by atoms with E-state index >= 15 is 0 Å². The number of nitrogens with zero attached hydrogens (tertiary/aromatic N) is 1. The number of likely N-dealkylation sites (tertiary alicyclic amines) is 1. The van der Waals surface area contributed by atoms with E-state index in [0.717, 1.165) is 4.90 Å². The van der Waals surface area contributed by atoms with Crippen LogP contribution in [0.25, 0.3) is 0 Å². The molecule has 0 atom stereocenters. The normalized spacial score (nSPS) is 16.6. The highest BCUT2D eigenvalue weighted by molar-refractivity contribution is 6.00. The van der Waals surface area contributed by atoms with Crippen LogP contribution < -0.4 is 0 Å². The maximum atomic E-state index is 12.8. The number of carbonyl (C=O) groups excluding carboxylic acids is 3. The van der Waals surface area contributed by atoms with E-state index in [9.17, 15) is 18.8 Å². The lowest BCUT2D eigenvalue weighted by Crippen LogP contribution is -2.43. The zero-order valence-electron chi connectivity index (χ0n) is 11.3. The number of ketones is 1. The smallest absolute Gasteiger partial charge is 0.229 e. The molecule has 0 bridgehead atoms. The molecule has 0 saturated carbocycles. The van der Waals surface area contributed by atoms with Crippen molar-refractivity contribution in [2.45, 2.75) is 26.2 Å². The van der Waals surface area contributed by atoms with Crippen LogP contribution >= 0.6 is 0 Å². The van der Waals surface area contributed by atoms with Gasteiger partial charge in [0, 0.05) is 31.4 Å². The highest BCUT2D eigenvalue weighted by Crippen LogP contribution is 2.19. The molecule has 1 fully saturated rings. The summed E-state index contributed by atoms with van der Waals surface area (Å²) in [5, 5.41) is 0. The number of halogens is 1. The quantitative estimate of drug-likeness (QED) is 0.626. The van der Waals surface area contributed by atoms with Crippen molar-refractivity contribution in [1.29, 1.82) is 0 Å². The SMILES string of the molecule is CC1CC(=O)N(CCC(=O)c2ccc(F)cc2)C(=O)C1. The summed E-state index contributed by atoms with van der Waals surface area (Å²) in [5.41, 5.74) is 0.386. The molecule has 2 rings (SSSR count). The summed E-state index contributed by atoms with van der Waals surface area (Å²) >= 11 is 0. The van der Waals surface area contributed by atoms with E-state index in [1.165, 1.54) is 24.3 Å². The van der Waals surface area contributed by atoms with Crippen LogP contribution in [0.5, 0.6) is 0 Å². The molecule has 4 nitrogen and oxygen atoms in total. The lowest BCUT2D eigenvalue weighted by Gasteiger charge is -2.28. The molecule has 1 aromatic rings. The van der Waals surface area contributed by atoms with Crippen molar-refractivity contribution in [2.24, 2.45) is 5.92 Å². The van der Waals surface area contributed by atoms with Crippen LogP contribution in [0, 0.1) is 11.7 Å². The fourth-order valence-corrected chi connectivity index (χ4v) is 2.27. The molecule has 2 amide bonds. The van der Waals surface area contributed by atoms with E-state index in [0.29, 0.717) is 18.4 Å². The van der Waals surface area contributed by atoms with Crippen molar-refractivity contribution >= 4 is 17.6 Å². The third-order valence-corrected chi connectivity index (χ3v) is 3.38. The van der Waals surface area contributed by atoms with Gasteiger partial charge < -0.3 is 0 Å². The molecule has 20 heavy (non-hydrogen) atoms. The van der Waals surface area contributed by atoms with Gasteiger partial charge in [0.05, 0.1) is 0 Å². The topological polar surface area (TPSA) is 54.5 Å². The van der Waals surface area contributed by atoms with Crippen LogP contribution in [0.1, 0.15) is 36.5 Å². The number of benzene rings is 1.